The van der Waals surface area contributed by atoms with Crippen LogP contribution in [0, 0.1) is 0 Å². The number of halogens is 1. The van der Waals surface area contributed by atoms with Gasteiger partial charge in [-0.25, -0.2) is 0 Å². The largest absolute Gasteiger partial charge is 0.493 e. The fraction of sp³-hybridized carbons (Fsp3) is 0.417. The number of carbonyl (C=O) groups is 1. The van der Waals surface area contributed by atoms with Gasteiger partial charge in [-0.15, -0.1) is 12.4 Å². The van der Waals surface area contributed by atoms with Crippen LogP contribution in [0.15, 0.2) is 18.2 Å². The van der Waals surface area contributed by atoms with E-state index in [9.17, 15) is 4.79 Å². The van der Waals surface area contributed by atoms with E-state index in [-0.39, 0.29) is 18.3 Å². The van der Waals surface area contributed by atoms with Gasteiger partial charge in [0.05, 0.1) is 19.8 Å². The Kier molecular flexibility index (Phi) is 7.16. The van der Waals surface area contributed by atoms with Crippen molar-refractivity contribution in [1.29, 1.82) is 0 Å². The molecule has 1 atom stereocenters. The molecule has 0 aliphatic heterocycles. The van der Waals surface area contributed by atoms with Crippen LogP contribution in [-0.4, -0.2) is 25.7 Å². The molecule has 0 spiro atoms. The summed E-state index contributed by atoms with van der Waals surface area (Å²) < 4.78 is 10.5. The number of ether oxygens (including phenoxy) is 2. The molecular formula is C12H19ClN2O3. The minimum atomic E-state index is -0.549. The number of rotatable bonds is 5. The van der Waals surface area contributed by atoms with Gasteiger partial charge in [0.25, 0.3) is 0 Å². The zero-order chi connectivity index (χ0) is 12.8. The zero-order valence-electron chi connectivity index (χ0n) is 10.7. The molecule has 0 radical (unpaired) electrons. The molecule has 0 aromatic heterocycles. The lowest BCUT2D eigenvalue weighted by molar-refractivity contribution is -0.117. The van der Waals surface area contributed by atoms with Gasteiger partial charge in [0.15, 0.2) is 11.5 Å². The molecule has 0 unspecified atom stereocenters. The van der Waals surface area contributed by atoms with E-state index in [0.29, 0.717) is 23.8 Å². The maximum absolute atomic E-state index is 11.4. The summed E-state index contributed by atoms with van der Waals surface area (Å²) in [6, 6.07) is 4.64. The molecule has 1 rings (SSSR count). The Morgan fingerprint density at radius 3 is 2.61 bits per heavy atom. The second kappa shape index (κ2) is 7.79. The Labute approximate surface area is 113 Å². The number of anilines is 1. The first-order chi connectivity index (χ1) is 8.08. The van der Waals surface area contributed by atoms with E-state index in [0.717, 1.165) is 0 Å². The number of nitrogens with one attached hydrogen (secondary N) is 1. The molecule has 0 saturated heterocycles. The molecule has 5 nitrogen and oxygen atoms in total. The minimum absolute atomic E-state index is 0. The van der Waals surface area contributed by atoms with Crippen molar-refractivity contribution >= 4 is 24.0 Å². The van der Waals surface area contributed by atoms with Gasteiger partial charge in [-0.2, -0.15) is 0 Å². The number of hydrogen-bond donors (Lipinski definition) is 2. The van der Waals surface area contributed by atoms with E-state index >= 15 is 0 Å². The maximum atomic E-state index is 11.4. The first-order valence-electron chi connectivity index (χ1n) is 5.45. The Bertz CT molecular complexity index is 397. The van der Waals surface area contributed by atoms with Gasteiger partial charge in [0.2, 0.25) is 5.91 Å². The summed E-state index contributed by atoms with van der Waals surface area (Å²) in [6.45, 7) is 4.08. The molecule has 0 bridgehead atoms. The highest BCUT2D eigenvalue weighted by atomic mass is 35.5. The molecule has 102 valence electrons. The first kappa shape index (κ1) is 16.5. The highest BCUT2D eigenvalue weighted by Crippen LogP contribution is 2.30. The molecule has 1 aromatic carbocycles. The molecule has 1 aromatic rings. The molecule has 0 fully saturated rings. The van der Waals surface area contributed by atoms with Crippen LogP contribution in [0.25, 0.3) is 0 Å². The third-order valence-electron chi connectivity index (χ3n) is 2.14. The van der Waals surface area contributed by atoms with Gasteiger partial charge in [-0.05, 0) is 26.0 Å². The van der Waals surface area contributed by atoms with Crippen LogP contribution in [-0.2, 0) is 4.79 Å². The quantitative estimate of drug-likeness (QED) is 0.859. The SMILES string of the molecule is CCOc1ccc(NC(=O)[C@H](C)N)cc1OC.Cl. The van der Waals surface area contributed by atoms with Crippen LogP contribution in [0.3, 0.4) is 0 Å². The molecule has 0 aliphatic carbocycles. The van der Waals surface area contributed by atoms with Crippen LogP contribution in [0.4, 0.5) is 5.69 Å². The van der Waals surface area contributed by atoms with Crippen molar-refractivity contribution in [2.75, 3.05) is 19.0 Å². The standard InChI is InChI=1S/C12H18N2O3.ClH/c1-4-17-10-6-5-9(7-11(10)16-3)14-12(15)8(2)13;/h5-8H,4,13H2,1-3H3,(H,14,15);1H/t8-;/m0./s1. The van der Waals surface area contributed by atoms with Gasteiger partial charge in [-0.1, -0.05) is 0 Å². The lowest BCUT2D eigenvalue weighted by Gasteiger charge is -2.12. The van der Waals surface area contributed by atoms with Gasteiger partial charge >= 0.3 is 0 Å². The third kappa shape index (κ3) is 4.43. The van der Waals surface area contributed by atoms with E-state index in [2.05, 4.69) is 5.32 Å². The summed E-state index contributed by atoms with van der Waals surface area (Å²) in [6.07, 6.45) is 0. The number of benzene rings is 1. The van der Waals surface area contributed by atoms with Crippen molar-refractivity contribution < 1.29 is 14.3 Å². The lowest BCUT2D eigenvalue weighted by atomic mass is 10.2. The smallest absolute Gasteiger partial charge is 0.241 e. The van der Waals surface area contributed by atoms with Crippen LogP contribution in [0.5, 0.6) is 11.5 Å². The summed E-state index contributed by atoms with van der Waals surface area (Å²) in [7, 11) is 1.55. The summed E-state index contributed by atoms with van der Waals surface area (Å²) in [5.74, 6) is 0.985. The predicted molar refractivity (Wildman–Crippen MR) is 73.7 cm³/mol. The molecule has 0 heterocycles. The highest BCUT2D eigenvalue weighted by Gasteiger charge is 2.10. The average molecular weight is 275 g/mol. The minimum Gasteiger partial charge on any atom is -0.493 e. The summed E-state index contributed by atoms with van der Waals surface area (Å²) in [5, 5.41) is 2.69. The van der Waals surface area contributed by atoms with Crippen molar-refractivity contribution in [3.8, 4) is 11.5 Å². The molecule has 0 aliphatic rings. The molecule has 0 saturated carbocycles. The third-order valence-corrected chi connectivity index (χ3v) is 2.14. The lowest BCUT2D eigenvalue weighted by Crippen LogP contribution is -2.32. The number of hydrogen-bond acceptors (Lipinski definition) is 4. The molecule has 1 amide bonds. The molecule has 18 heavy (non-hydrogen) atoms. The van der Waals surface area contributed by atoms with Crippen molar-refractivity contribution in [2.24, 2.45) is 5.73 Å². The monoisotopic (exact) mass is 274 g/mol. The van der Waals surface area contributed by atoms with Gasteiger partial charge in [0, 0.05) is 11.8 Å². The van der Waals surface area contributed by atoms with E-state index in [1.807, 2.05) is 6.92 Å². The maximum Gasteiger partial charge on any atom is 0.241 e. The van der Waals surface area contributed by atoms with E-state index in [1.165, 1.54) is 0 Å². The summed E-state index contributed by atoms with van der Waals surface area (Å²) in [4.78, 5) is 11.4. The van der Waals surface area contributed by atoms with Crippen LogP contribution in [0.2, 0.25) is 0 Å². The van der Waals surface area contributed by atoms with E-state index < -0.39 is 6.04 Å². The van der Waals surface area contributed by atoms with E-state index in [4.69, 9.17) is 15.2 Å². The van der Waals surface area contributed by atoms with Gasteiger partial charge in [0.1, 0.15) is 0 Å². The number of methoxy groups -OCH3 is 1. The average Bonchev–Trinajstić information content (AvgIpc) is 2.31. The fourth-order valence-corrected chi connectivity index (χ4v) is 1.28. The zero-order valence-corrected chi connectivity index (χ0v) is 11.5. The van der Waals surface area contributed by atoms with Crippen molar-refractivity contribution in [1.82, 2.24) is 0 Å². The number of amides is 1. The van der Waals surface area contributed by atoms with Crippen LogP contribution in [0.1, 0.15) is 13.8 Å². The molecular weight excluding hydrogens is 256 g/mol. The number of carbonyl (C=O) groups excluding carboxylic acids is 1. The summed E-state index contributed by atoms with van der Waals surface area (Å²) >= 11 is 0. The molecule has 3 N–H and O–H groups in total. The van der Waals surface area contributed by atoms with Crippen molar-refractivity contribution in [2.45, 2.75) is 19.9 Å². The highest BCUT2D eigenvalue weighted by molar-refractivity contribution is 5.94. The topological polar surface area (TPSA) is 73.6 Å². The number of nitrogens with two attached hydrogens (primary N) is 1. The second-order valence-corrected chi connectivity index (χ2v) is 3.58. The Hall–Kier alpha value is -1.46. The van der Waals surface area contributed by atoms with Crippen molar-refractivity contribution in [3.63, 3.8) is 0 Å². The Morgan fingerprint density at radius 2 is 2.11 bits per heavy atom. The Balaban J connectivity index is 0.00000289. The van der Waals surface area contributed by atoms with Crippen molar-refractivity contribution in [3.05, 3.63) is 18.2 Å². The predicted octanol–water partition coefficient (Wildman–Crippen LogP) is 1.80. The second-order valence-electron chi connectivity index (χ2n) is 3.58. The van der Waals surface area contributed by atoms with E-state index in [1.54, 1.807) is 32.2 Å². The molecule has 6 heteroatoms. The first-order valence-corrected chi connectivity index (χ1v) is 5.45. The summed E-state index contributed by atoms with van der Waals surface area (Å²) in [5.41, 5.74) is 6.10. The Morgan fingerprint density at radius 1 is 1.44 bits per heavy atom. The van der Waals surface area contributed by atoms with Gasteiger partial charge < -0.3 is 20.5 Å². The van der Waals surface area contributed by atoms with Gasteiger partial charge in [-0.3, -0.25) is 4.79 Å². The van der Waals surface area contributed by atoms with Crippen LogP contribution < -0.4 is 20.5 Å². The normalized spacial score (nSPS) is 11.1. The van der Waals surface area contributed by atoms with Crippen LogP contribution >= 0.6 is 12.4 Å². The fourth-order valence-electron chi connectivity index (χ4n) is 1.28.